The second kappa shape index (κ2) is 5.58. The Balaban J connectivity index is 1.87. The lowest BCUT2D eigenvalue weighted by Crippen LogP contribution is -2.44. The summed E-state index contributed by atoms with van der Waals surface area (Å²) < 4.78 is 0. The molecule has 1 unspecified atom stereocenters. The Morgan fingerprint density at radius 1 is 1.47 bits per heavy atom. The first-order valence-corrected chi connectivity index (χ1v) is 6.59. The van der Waals surface area contributed by atoms with Crippen LogP contribution in [-0.2, 0) is 0 Å². The molecule has 1 aromatic carbocycles. The number of nitrogens with one attached hydrogen (secondary N) is 1. The Kier molecular flexibility index (Phi) is 4.10. The predicted octanol–water partition coefficient (Wildman–Crippen LogP) is 3.59. The van der Waals surface area contributed by atoms with Gasteiger partial charge in [0.2, 0.25) is 0 Å². The van der Waals surface area contributed by atoms with Crippen molar-refractivity contribution in [3.05, 3.63) is 34.9 Å². The van der Waals surface area contributed by atoms with Crippen molar-refractivity contribution < 1.29 is 0 Å². The first-order valence-electron chi connectivity index (χ1n) is 6.21. The Bertz CT molecular complexity index is 415. The van der Waals surface area contributed by atoms with Crippen molar-refractivity contribution in [2.45, 2.75) is 44.2 Å². The number of terminal acetylenes is 1. The highest BCUT2D eigenvalue weighted by molar-refractivity contribution is 6.31. The zero-order chi connectivity index (χ0) is 12.3. The van der Waals surface area contributed by atoms with Crippen molar-refractivity contribution in [1.82, 2.24) is 5.32 Å². The standard InChI is InChI=1S/C15H18ClN/c1-3-12(4-2)17-13-9-11(10-13)14-7-5-6-8-15(14)16/h1,5-8,11-13,17H,4,9-10H2,2H3. The van der Waals surface area contributed by atoms with Gasteiger partial charge in [-0.3, -0.25) is 0 Å². The van der Waals surface area contributed by atoms with Crippen molar-refractivity contribution in [2.24, 2.45) is 0 Å². The van der Waals surface area contributed by atoms with E-state index in [1.165, 1.54) is 5.56 Å². The van der Waals surface area contributed by atoms with Gasteiger partial charge in [-0.25, -0.2) is 0 Å². The van der Waals surface area contributed by atoms with E-state index < -0.39 is 0 Å². The first kappa shape index (κ1) is 12.5. The van der Waals surface area contributed by atoms with E-state index in [2.05, 4.69) is 30.3 Å². The highest BCUT2D eigenvalue weighted by atomic mass is 35.5. The van der Waals surface area contributed by atoms with Crippen molar-refractivity contribution in [1.29, 1.82) is 0 Å². The molecule has 2 rings (SSSR count). The third kappa shape index (κ3) is 2.83. The first-order chi connectivity index (χ1) is 8.24. The fourth-order valence-corrected chi connectivity index (χ4v) is 2.67. The molecule has 1 fully saturated rings. The van der Waals surface area contributed by atoms with Gasteiger partial charge < -0.3 is 5.32 Å². The summed E-state index contributed by atoms with van der Waals surface area (Å²) in [7, 11) is 0. The molecule has 1 aromatic rings. The lowest BCUT2D eigenvalue weighted by Gasteiger charge is -2.38. The lowest BCUT2D eigenvalue weighted by molar-refractivity contribution is 0.278. The van der Waals surface area contributed by atoms with Crippen LogP contribution in [0.15, 0.2) is 24.3 Å². The van der Waals surface area contributed by atoms with E-state index >= 15 is 0 Å². The van der Waals surface area contributed by atoms with Crippen LogP contribution < -0.4 is 5.32 Å². The minimum atomic E-state index is 0.215. The maximum Gasteiger partial charge on any atom is 0.0686 e. The Labute approximate surface area is 109 Å². The molecule has 0 aromatic heterocycles. The van der Waals surface area contributed by atoms with Crippen LogP contribution in [0.4, 0.5) is 0 Å². The summed E-state index contributed by atoms with van der Waals surface area (Å²) in [5.41, 5.74) is 1.28. The van der Waals surface area contributed by atoms with Crippen LogP contribution >= 0.6 is 11.6 Å². The maximum atomic E-state index is 6.19. The second-order valence-corrected chi connectivity index (χ2v) is 5.09. The number of hydrogen-bond acceptors (Lipinski definition) is 1. The molecule has 90 valence electrons. The van der Waals surface area contributed by atoms with Crippen LogP contribution in [0.3, 0.4) is 0 Å². The van der Waals surface area contributed by atoms with Gasteiger partial charge in [-0.05, 0) is 36.8 Å². The fourth-order valence-electron chi connectivity index (χ4n) is 2.38. The lowest BCUT2D eigenvalue weighted by atomic mass is 9.75. The maximum absolute atomic E-state index is 6.19. The molecule has 0 heterocycles. The Morgan fingerprint density at radius 2 is 2.18 bits per heavy atom. The number of hydrogen-bond donors (Lipinski definition) is 1. The fraction of sp³-hybridized carbons (Fsp3) is 0.467. The zero-order valence-electron chi connectivity index (χ0n) is 10.1. The molecule has 1 saturated carbocycles. The third-order valence-corrected chi connectivity index (χ3v) is 3.87. The highest BCUT2D eigenvalue weighted by Gasteiger charge is 2.31. The molecule has 0 saturated heterocycles. The van der Waals surface area contributed by atoms with Gasteiger partial charge in [0.25, 0.3) is 0 Å². The molecule has 0 bridgehead atoms. The van der Waals surface area contributed by atoms with Gasteiger partial charge in [0, 0.05) is 11.1 Å². The Hall–Kier alpha value is -0.970. The van der Waals surface area contributed by atoms with Gasteiger partial charge in [-0.1, -0.05) is 42.6 Å². The van der Waals surface area contributed by atoms with Crippen LogP contribution in [0.2, 0.25) is 5.02 Å². The molecule has 0 radical (unpaired) electrons. The van der Waals surface area contributed by atoms with E-state index in [0.717, 1.165) is 24.3 Å². The SMILES string of the molecule is C#CC(CC)NC1CC(c2ccccc2Cl)C1. The summed E-state index contributed by atoms with van der Waals surface area (Å²) in [6.45, 7) is 2.11. The van der Waals surface area contributed by atoms with E-state index in [0.29, 0.717) is 12.0 Å². The average molecular weight is 248 g/mol. The van der Waals surface area contributed by atoms with Gasteiger partial charge in [-0.2, -0.15) is 0 Å². The van der Waals surface area contributed by atoms with Crippen LogP contribution in [0, 0.1) is 12.3 Å². The highest BCUT2D eigenvalue weighted by Crippen LogP contribution is 2.40. The summed E-state index contributed by atoms with van der Waals surface area (Å²) in [5, 5.41) is 4.38. The van der Waals surface area contributed by atoms with Gasteiger partial charge in [0.05, 0.1) is 6.04 Å². The van der Waals surface area contributed by atoms with Gasteiger partial charge in [-0.15, -0.1) is 6.42 Å². The van der Waals surface area contributed by atoms with Gasteiger partial charge >= 0.3 is 0 Å². The van der Waals surface area contributed by atoms with Crippen LogP contribution in [0.5, 0.6) is 0 Å². The quantitative estimate of drug-likeness (QED) is 0.802. The van der Waals surface area contributed by atoms with Crippen molar-refractivity contribution >= 4 is 11.6 Å². The molecule has 1 nitrogen and oxygen atoms in total. The molecule has 0 aliphatic heterocycles. The van der Waals surface area contributed by atoms with Crippen molar-refractivity contribution in [2.75, 3.05) is 0 Å². The second-order valence-electron chi connectivity index (χ2n) is 4.68. The molecule has 1 aliphatic carbocycles. The number of halogens is 1. The van der Waals surface area contributed by atoms with Crippen LogP contribution in [-0.4, -0.2) is 12.1 Å². The molecule has 1 aliphatic rings. The normalized spacial score (nSPS) is 24.8. The summed E-state index contributed by atoms with van der Waals surface area (Å²) in [6.07, 6.45) is 8.72. The smallest absolute Gasteiger partial charge is 0.0686 e. The molecule has 2 heteroatoms. The summed E-state index contributed by atoms with van der Waals surface area (Å²) in [4.78, 5) is 0. The molecule has 17 heavy (non-hydrogen) atoms. The summed E-state index contributed by atoms with van der Waals surface area (Å²) in [5.74, 6) is 3.37. The molecule has 0 amide bonds. The molecule has 0 spiro atoms. The predicted molar refractivity (Wildman–Crippen MR) is 73.3 cm³/mol. The van der Waals surface area contributed by atoms with Crippen molar-refractivity contribution in [3.63, 3.8) is 0 Å². The minimum absolute atomic E-state index is 0.215. The molecule has 1 N–H and O–H groups in total. The van der Waals surface area contributed by atoms with Crippen LogP contribution in [0.25, 0.3) is 0 Å². The number of benzene rings is 1. The average Bonchev–Trinajstić information content (AvgIpc) is 2.30. The van der Waals surface area contributed by atoms with E-state index in [9.17, 15) is 0 Å². The van der Waals surface area contributed by atoms with Gasteiger partial charge in [0.1, 0.15) is 0 Å². The number of rotatable bonds is 4. The topological polar surface area (TPSA) is 12.0 Å². The molecular weight excluding hydrogens is 230 g/mol. The van der Waals surface area contributed by atoms with E-state index in [1.807, 2.05) is 12.1 Å². The minimum Gasteiger partial charge on any atom is -0.301 e. The third-order valence-electron chi connectivity index (χ3n) is 3.53. The van der Waals surface area contributed by atoms with Crippen LogP contribution in [0.1, 0.15) is 37.7 Å². The summed E-state index contributed by atoms with van der Waals surface area (Å²) in [6, 6.07) is 8.89. The largest absolute Gasteiger partial charge is 0.301 e. The Morgan fingerprint density at radius 3 is 2.76 bits per heavy atom. The van der Waals surface area contributed by atoms with Gasteiger partial charge in [0.15, 0.2) is 0 Å². The molecule has 1 atom stereocenters. The van der Waals surface area contributed by atoms with E-state index in [4.69, 9.17) is 18.0 Å². The summed E-state index contributed by atoms with van der Waals surface area (Å²) >= 11 is 6.19. The van der Waals surface area contributed by atoms with E-state index in [1.54, 1.807) is 0 Å². The van der Waals surface area contributed by atoms with E-state index in [-0.39, 0.29) is 6.04 Å². The zero-order valence-corrected chi connectivity index (χ0v) is 10.9. The monoisotopic (exact) mass is 247 g/mol. The van der Waals surface area contributed by atoms with Crippen molar-refractivity contribution in [3.8, 4) is 12.3 Å². The molecular formula is C15H18ClN.